The van der Waals surface area contributed by atoms with E-state index in [1.54, 1.807) is 7.11 Å². The van der Waals surface area contributed by atoms with Gasteiger partial charge in [0.05, 0.1) is 12.0 Å². The van der Waals surface area contributed by atoms with Crippen LogP contribution in [0.25, 0.3) is 0 Å². The zero-order valence-corrected chi connectivity index (χ0v) is 14.1. The Kier molecular flexibility index (Phi) is 5.15. The monoisotopic (exact) mass is 322 g/mol. The number of piperidine rings is 1. The second kappa shape index (κ2) is 6.29. The highest BCUT2D eigenvalue weighted by Crippen LogP contribution is 2.51. The molecule has 0 unspecified atom stereocenters. The highest BCUT2D eigenvalue weighted by molar-refractivity contribution is 5.12. The number of rotatable bonds is 5. The van der Waals surface area contributed by atoms with Crippen molar-refractivity contribution in [3.8, 4) is 0 Å². The number of hydrogen-bond donors (Lipinski definition) is 1. The van der Waals surface area contributed by atoms with Crippen molar-refractivity contribution in [3.63, 3.8) is 0 Å². The number of nitrogens with one attached hydrogen (secondary N) is 1. The molecule has 1 saturated heterocycles. The van der Waals surface area contributed by atoms with Crippen LogP contribution in [0.15, 0.2) is 0 Å². The molecular formula is C16H29F3N2O. The predicted molar refractivity (Wildman–Crippen MR) is 80.9 cm³/mol. The average Bonchev–Trinajstić information content (AvgIpc) is 2.45. The number of methoxy groups -OCH3 is 1. The first kappa shape index (κ1) is 18.0. The Bertz CT molecular complexity index is 378. The van der Waals surface area contributed by atoms with Crippen LogP contribution in [-0.2, 0) is 4.74 Å². The molecule has 1 N–H and O–H groups in total. The quantitative estimate of drug-likeness (QED) is 0.841. The summed E-state index contributed by atoms with van der Waals surface area (Å²) in [5.74, 6) is 0. The van der Waals surface area contributed by atoms with Crippen LogP contribution in [0.5, 0.6) is 0 Å². The summed E-state index contributed by atoms with van der Waals surface area (Å²) in [6.45, 7) is 8.22. The number of ether oxygens (including phenoxy) is 1. The van der Waals surface area contributed by atoms with Crippen LogP contribution in [0.1, 0.15) is 46.5 Å². The van der Waals surface area contributed by atoms with Crippen molar-refractivity contribution in [1.29, 1.82) is 0 Å². The van der Waals surface area contributed by atoms with Gasteiger partial charge in [0.2, 0.25) is 0 Å². The molecule has 3 nitrogen and oxygen atoms in total. The molecule has 0 spiro atoms. The van der Waals surface area contributed by atoms with Crippen LogP contribution in [0, 0.1) is 5.41 Å². The molecule has 22 heavy (non-hydrogen) atoms. The minimum Gasteiger partial charge on any atom is -0.378 e. The van der Waals surface area contributed by atoms with Gasteiger partial charge in [0.15, 0.2) is 0 Å². The largest absolute Gasteiger partial charge is 0.390 e. The molecule has 1 aliphatic carbocycles. The molecule has 0 radical (unpaired) electrons. The lowest BCUT2D eigenvalue weighted by molar-refractivity contribution is -0.183. The summed E-state index contributed by atoms with van der Waals surface area (Å²) < 4.78 is 42.4. The van der Waals surface area contributed by atoms with Gasteiger partial charge in [-0.2, -0.15) is 13.2 Å². The lowest BCUT2D eigenvalue weighted by atomic mass is 9.55. The molecule has 2 fully saturated rings. The number of likely N-dealkylation sites (tertiary alicyclic amines) is 1. The van der Waals surface area contributed by atoms with Crippen molar-refractivity contribution in [1.82, 2.24) is 10.2 Å². The molecule has 6 heteroatoms. The van der Waals surface area contributed by atoms with Crippen LogP contribution < -0.4 is 5.32 Å². The third-order valence-electron chi connectivity index (χ3n) is 6.01. The molecule has 2 rings (SSSR count). The molecule has 0 aromatic rings. The van der Waals surface area contributed by atoms with E-state index < -0.39 is 12.6 Å². The summed E-state index contributed by atoms with van der Waals surface area (Å²) >= 11 is 0. The first-order valence-electron chi connectivity index (χ1n) is 8.18. The predicted octanol–water partition coefficient (Wildman–Crippen LogP) is 3.20. The molecule has 2 aliphatic rings. The Labute approximate surface area is 131 Å². The van der Waals surface area contributed by atoms with E-state index in [9.17, 15) is 13.2 Å². The smallest absolute Gasteiger partial charge is 0.378 e. The average molecular weight is 322 g/mol. The number of hydrogen-bond acceptors (Lipinski definition) is 3. The fraction of sp³-hybridized carbons (Fsp3) is 1.00. The van der Waals surface area contributed by atoms with Gasteiger partial charge in [0, 0.05) is 31.2 Å². The Balaban J connectivity index is 1.73. The zero-order valence-electron chi connectivity index (χ0n) is 14.1. The maximum Gasteiger partial charge on any atom is 0.390 e. The summed E-state index contributed by atoms with van der Waals surface area (Å²) in [7, 11) is 1.76. The summed E-state index contributed by atoms with van der Waals surface area (Å²) in [5.41, 5.74) is -0.00670. The van der Waals surface area contributed by atoms with E-state index in [-0.39, 0.29) is 17.6 Å². The van der Waals surface area contributed by atoms with Crippen molar-refractivity contribution in [2.24, 2.45) is 5.41 Å². The minimum atomic E-state index is -4.05. The molecule has 1 saturated carbocycles. The Morgan fingerprint density at radius 2 is 1.77 bits per heavy atom. The van der Waals surface area contributed by atoms with E-state index in [4.69, 9.17) is 4.74 Å². The Morgan fingerprint density at radius 1 is 1.18 bits per heavy atom. The van der Waals surface area contributed by atoms with E-state index in [1.807, 2.05) is 4.90 Å². The van der Waals surface area contributed by atoms with E-state index in [0.717, 1.165) is 32.4 Å². The van der Waals surface area contributed by atoms with Gasteiger partial charge in [0.25, 0.3) is 0 Å². The molecule has 130 valence electrons. The molecule has 0 aromatic carbocycles. The number of alkyl halides is 3. The fourth-order valence-electron chi connectivity index (χ4n) is 3.65. The number of halogens is 3. The highest BCUT2D eigenvalue weighted by Gasteiger charge is 2.57. The van der Waals surface area contributed by atoms with E-state index in [0.29, 0.717) is 12.1 Å². The van der Waals surface area contributed by atoms with Crippen molar-refractivity contribution in [3.05, 3.63) is 0 Å². The van der Waals surface area contributed by atoms with Crippen molar-refractivity contribution >= 4 is 0 Å². The van der Waals surface area contributed by atoms with Gasteiger partial charge >= 0.3 is 6.18 Å². The molecular weight excluding hydrogens is 293 g/mol. The summed E-state index contributed by atoms with van der Waals surface area (Å²) in [4.78, 5) is 1.93. The minimum absolute atomic E-state index is 0.0785. The summed E-state index contributed by atoms with van der Waals surface area (Å²) in [6, 6.07) is 0.831. The van der Waals surface area contributed by atoms with Gasteiger partial charge in [-0.25, -0.2) is 0 Å². The van der Waals surface area contributed by atoms with Gasteiger partial charge in [-0.05, 0) is 39.3 Å². The maximum atomic E-state index is 12.3. The third kappa shape index (κ3) is 3.77. The van der Waals surface area contributed by atoms with Crippen molar-refractivity contribution in [2.75, 3.05) is 26.7 Å². The first-order chi connectivity index (χ1) is 10.1. The molecule has 1 heterocycles. The zero-order chi connectivity index (χ0) is 16.6. The van der Waals surface area contributed by atoms with Crippen LogP contribution in [0.4, 0.5) is 13.2 Å². The van der Waals surface area contributed by atoms with E-state index in [1.165, 1.54) is 0 Å². The van der Waals surface area contributed by atoms with Crippen molar-refractivity contribution in [2.45, 2.75) is 70.3 Å². The normalized spacial score (nSPS) is 33.7. The van der Waals surface area contributed by atoms with Gasteiger partial charge in [-0.1, -0.05) is 13.8 Å². The molecule has 2 atom stereocenters. The molecule has 0 bridgehead atoms. The lowest BCUT2D eigenvalue weighted by Crippen LogP contribution is -2.69. The van der Waals surface area contributed by atoms with Crippen LogP contribution in [0.2, 0.25) is 0 Å². The molecule has 1 aliphatic heterocycles. The van der Waals surface area contributed by atoms with Crippen LogP contribution in [-0.4, -0.2) is 55.5 Å². The Hall–Kier alpha value is -0.330. The van der Waals surface area contributed by atoms with Crippen LogP contribution >= 0.6 is 0 Å². The van der Waals surface area contributed by atoms with Gasteiger partial charge < -0.3 is 15.0 Å². The van der Waals surface area contributed by atoms with Gasteiger partial charge in [0.1, 0.15) is 0 Å². The second-order valence-electron chi connectivity index (χ2n) is 7.56. The number of nitrogens with zero attached hydrogens (tertiary/aromatic N) is 1. The van der Waals surface area contributed by atoms with E-state index >= 15 is 0 Å². The summed E-state index contributed by atoms with van der Waals surface area (Å²) in [5, 5.41) is 3.70. The van der Waals surface area contributed by atoms with Crippen molar-refractivity contribution < 1.29 is 17.9 Å². The van der Waals surface area contributed by atoms with Gasteiger partial charge in [-0.15, -0.1) is 0 Å². The van der Waals surface area contributed by atoms with Gasteiger partial charge in [-0.3, -0.25) is 0 Å². The molecule has 0 amide bonds. The SMILES string of the molecule is CO[C@@]1(C)C[C@H](NC2CCN(CCC(F)(F)F)CC2)C1(C)C. The lowest BCUT2D eigenvalue weighted by Gasteiger charge is -2.60. The maximum absolute atomic E-state index is 12.3. The topological polar surface area (TPSA) is 24.5 Å². The summed E-state index contributed by atoms with van der Waals surface area (Å²) in [6.07, 6.45) is -1.91. The van der Waals surface area contributed by atoms with E-state index in [2.05, 4.69) is 26.1 Å². The standard InChI is InChI=1S/C16H29F3N2O/c1-14(2)13(11-15(14,3)22-4)20-12-5-8-21(9-6-12)10-7-16(17,18)19/h12-13,20H,5-11H2,1-4H3/t13-,15-/m0/s1. The first-order valence-corrected chi connectivity index (χ1v) is 8.18. The van der Waals surface area contributed by atoms with Crippen LogP contribution in [0.3, 0.4) is 0 Å². The fourth-order valence-corrected chi connectivity index (χ4v) is 3.65. The third-order valence-corrected chi connectivity index (χ3v) is 6.01. The highest BCUT2D eigenvalue weighted by atomic mass is 19.4. The Morgan fingerprint density at radius 3 is 2.23 bits per heavy atom. The molecule has 0 aromatic heterocycles. The second-order valence-corrected chi connectivity index (χ2v) is 7.56.